The van der Waals surface area contributed by atoms with Crippen LogP contribution in [0, 0.1) is 0 Å². The summed E-state index contributed by atoms with van der Waals surface area (Å²) in [6.07, 6.45) is 4.83. The number of hydrogen-bond acceptors (Lipinski definition) is 2. The minimum absolute atomic E-state index is 0.160. The number of nitrogens with two attached hydrogens (primary N) is 1. The lowest BCUT2D eigenvalue weighted by Gasteiger charge is -2.08. The van der Waals surface area contributed by atoms with Crippen molar-refractivity contribution in [1.82, 2.24) is 4.90 Å². The lowest BCUT2D eigenvalue weighted by molar-refractivity contribution is -0.671. The molecule has 0 aromatic carbocycles. The zero-order chi connectivity index (χ0) is 9.68. The van der Waals surface area contributed by atoms with Gasteiger partial charge in [0.2, 0.25) is 0 Å². The van der Waals surface area contributed by atoms with E-state index in [4.69, 9.17) is 0 Å². The minimum atomic E-state index is 0.160. The van der Waals surface area contributed by atoms with Gasteiger partial charge >= 0.3 is 0 Å². The van der Waals surface area contributed by atoms with Crippen molar-refractivity contribution < 1.29 is 10.1 Å². The van der Waals surface area contributed by atoms with E-state index in [9.17, 15) is 4.79 Å². The maximum absolute atomic E-state index is 11.6. The van der Waals surface area contributed by atoms with E-state index < -0.39 is 0 Å². The number of nitrogens with zero attached hydrogens (tertiary/aromatic N) is 1. The van der Waals surface area contributed by atoms with E-state index in [1.807, 2.05) is 4.90 Å². The van der Waals surface area contributed by atoms with Crippen LogP contribution < -0.4 is 5.32 Å². The molecule has 0 spiro atoms. The first kappa shape index (κ1) is 10.6. The zero-order valence-corrected chi connectivity index (χ0v) is 8.85. The summed E-state index contributed by atoms with van der Waals surface area (Å²) in [6.45, 7) is 5.12. The van der Waals surface area contributed by atoms with Crippen molar-refractivity contribution in [3.8, 4) is 0 Å². The molecule has 0 saturated carbocycles. The van der Waals surface area contributed by atoms with Crippen LogP contribution in [-0.4, -0.2) is 42.1 Å². The first-order chi connectivity index (χ1) is 6.29. The Morgan fingerprint density at radius 2 is 2.62 bits per heavy atom. The molecule has 2 N–H and O–H groups in total. The summed E-state index contributed by atoms with van der Waals surface area (Å²) in [7, 11) is 0. The number of hydrogen-bond donors (Lipinski definition) is 1. The fourth-order valence-electron chi connectivity index (χ4n) is 1.49. The lowest BCUT2D eigenvalue weighted by atomic mass is 10.2. The van der Waals surface area contributed by atoms with E-state index in [0.29, 0.717) is 6.54 Å². The average Bonchev–Trinajstić information content (AvgIpc) is 2.46. The molecular weight excluding hydrogens is 184 g/mol. The molecule has 0 radical (unpaired) electrons. The molecule has 3 nitrogen and oxygen atoms in total. The highest BCUT2D eigenvalue weighted by Crippen LogP contribution is 2.04. The molecule has 4 heteroatoms. The summed E-state index contributed by atoms with van der Waals surface area (Å²) in [4.78, 5) is 13.5. The molecule has 1 fully saturated rings. The molecule has 1 aliphatic rings. The van der Waals surface area contributed by atoms with Crippen molar-refractivity contribution in [2.24, 2.45) is 0 Å². The van der Waals surface area contributed by atoms with Gasteiger partial charge in [-0.1, -0.05) is 6.08 Å². The molecule has 74 valence electrons. The molecule has 0 unspecified atom stereocenters. The number of carbonyl (C=O) groups excluding carboxylic acids is 1. The fourth-order valence-corrected chi connectivity index (χ4v) is 1.98. The zero-order valence-electron chi connectivity index (χ0n) is 8.03. The normalized spacial score (nSPS) is 22.4. The van der Waals surface area contributed by atoms with Crippen LogP contribution in [0.3, 0.4) is 0 Å². The molecule has 1 rings (SSSR count). The SMILES string of the molecule is C=CCN1C[NH2+][C@H](CCSC)C1=O. The van der Waals surface area contributed by atoms with Crippen molar-refractivity contribution in [2.75, 3.05) is 25.2 Å². The summed E-state index contributed by atoms with van der Waals surface area (Å²) in [5.74, 6) is 1.34. The van der Waals surface area contributed by atoms with E-state index in [-0.39, 0.29) is 11.9 Å². The van der Waals surface area contributed by atoms with Crippen LogP contribution in [0.5, 0.6) is 0 Å². The van der Waals surface area contributed by atoms with Gasteiger partial charge in [0.1, 0.15) is 0 Å². The van der Waals surface area contributed by atoms with Crippen molar-refractivity contribution in [2.45, 2.75) is 12.5 Å². The maximum Gasteiger partial charge on any atom is 0.285 e. The number of thioether (sulfide) groups is 1. The van der Waals surface area contributed by atoms with Crippen molar-refractivity contribution in [3.63, 3.8) is 0 Å². The Bertz CT molecular complexity index is 196. The van der Waals surface area contributed by atoms with Crippen LogP contribution in [0.15, 0.2) is 12.7 Å². The van der Waals surface area contributed by atoms with E-state index in [0.717, 1.165) is 18.8 Å². The van der Waals surface area contributed by atoms with Gasteiger partial charge in [-0.05, 0) is 12.0 Å². The molecule has 1 saturated heterocycles. The molecule has 1 aliphatic heterocycles. The molecule has 1 atom stereocenters. The number of amides is 1. The van der Waals surface area contributed by atoms with E-state index in [1.54, 1.807) is 17.8 Å². The molecule has 0 bridgehead atoms. The first-order valence-electron chi connectivity index (χ1n) is 4.51. The van der Waals surface area contributed by atoms with Gasteiger partial charge in [-0.25, -0.2) is 0 Å². The van der Waals surface area contributed by atoms with Gasteiger partial charge in [-0.3, -0.25) is 9.69 Å². The number of carbonyl (C=O) groups is 1. The molecule has 0 aromatic heterocycles. The van der Waals surface area contributed by atoms with Gasteiger partial charge < -0.3 is 5.32 Å². The van der Waals surface area contributed by atoms with Crippen LogP contribution >= 0.6 is 11.8 Å². The second-order valence-electron chi connectivity index (χ2n) is 3.16. The fraction of sp³-hybridized carbons (Fsp3) is 0.667. The number of rotatable bonds is 5. The maximum atomic E-state index is 11.6. The summed E-state index contributed by atoms with van der Waals surface area (Å²) in [5.41, 5.74) is 0. The Morgan fingerprint density at radius 3 is 3.23 bits per heavy atom. The van der Waals surface area contributed by atoms with Gasteiger partial charge in [0.15, 0.2) is 12.7 Å². The Morgan fingerprint density at radius 1 is 1.85 bits per heavy atom. The average molecular weight is 201 g/mol. The van der Waals surface area contributed by atoms with Crippen LogP contribution in [0.2, 0.25) is 0 Å². The minimum Gasteiger partial charge on any atom is -0.319 e. The second kappa shape index (κ2) is 5.29. The van der Waals surface area contributed by atoms with Gasteiger partial charge in [0.25, 0.3) is 5.91 Å². The third-order valence-corrected chi connectivity index (χ3v) is 2.87. The van der Waals surface area contributed by atoms with Crippen molar-refractivity contribution in [3.05, 3.63) is 12.7 Å². The Balaban J connectivity index is 2.36. The summed E-state index contributed by atoms with van der Waals surface area (Å²) >= 11 is 1.79. The Kier molecular flexibility index (Phi) is 4.32. The van der Waals surface area contributed by atoms with Gasteiger partial charge in [0.05, 0.1) is 0 Å². The highest BCUT2D eigenvalue weighted by Gasteiger charge is 2.33. The quantitative estimate of drug-likeness (QED) is 0.618. The first-order valence-corrected chi connectivity index (χ1v) is 5.91. The van der Waals surface area contributed by atoms with Crippen LogP contribution in [0.4, 0.5) is 0 Å². The predicted octanol–water partition coefficient (Wildman–Crippen LogP) is -0.343. The molecule has 1 amide bonds. The van der Waals surface area contributed by atoms with E-state index in [1.165, 1.54) is 0 Å². The highest BCUT2D eigenvalue weighted by atomic mass is 32.2. The summed E-state index contributed by atoms with van der Waals surface area (Å²) < 4.78 is 0. The molecule has 1 heterocycles. The third kappa shape index (κ3) is 2.74. The van der Waals surface area contributed by atoms with Crippen LogP contribution in [-0.2, 0) is 4.79 Å². The largest absolute Gasteiger partial charge is 0.319 e. The van der Waals surface area contributed by atoms with E-state index >= 15 is 0 Å². The van der Waals surface area contributed by atoms with Crippen LogP contribution in [0.1, 0.15) is 6.42 Å². The van der Waals surface area contributed by atoms with Gasteiger partial charge in [0, 0.05) is 13.0 Å². The highest BCUT2D eigenvalue weighted by molar-refractivity contribution is 7.98. The molecule has 13 heavy (non-hydrogen) atoms. The predicted molar refractivity (Wildman–Crippen MR) is 55.5 cm³/mol. The van der Waals surface area contributed by atoms with Crippen LogP contribution in [0.25, 0.3) is 0 Å². The molecule has 0 aliphatic carbocycles. The summed E-state index contributed by atoms with van der Waals surface area (Å²) in [6, 6.07) is 0.160. The lowest BCUT2D eigenvalue weighted by Crippen LogP contribution is -2.88. The molecular formula is C9H17N2OS+. The standard InChI is InChI=1S/C9H16N2OS/c1-3-5-11-7-10-8(9(11)12)4-6-13-2/h3,8,10H,1,4-7H2,2H3/p+1/t8-/m1/s1. The number of quaternary nitrogens is 1. The third-order valence-electron chi connectivity index (χ3n) is 2.22. The topological polar surface area (TPSA) is 36.9 Å². The van der Waals surface area contributed by atoms with Crippen molar-refractivity contribution in [1.29, 1.82) is 0 Å². The molecule has 0 aromatic rings. The van der Waals surface area contributed by atoms with E-state index in [2.05, 4.69) is 18.2 Å². The van der Waals surface area contributed by atoms with Gasteiger partial charge in [-0.2, -0.15) is 11.8 Å². The Labute approximate surface area is 83.6 Å². The monoisotopic (exact) mass is 201 g/mol. The summed E-state index contributed by atoms with van der Waals surface area (Å²) in [5, 5.41) is 2.11. The van der Waals surface area contributed by atoms with Gasteiger partial charge in [-0.15, -0.1) is 6.58 Å². The Hall–Kier alpha value is -0.480. The smallest absolute Gasteiger partial charge is 0.285 e. The second-order valence-corrected chi connectivity index (χ2v) is 4.14. The van der Waals surface area contributed by atoms with Crippen molar-refractivity contribution >= 4 is 17.7 Å².